The normalized spacial score (nSPS) is 11.9. The predicted octanol–water partition coefficient (Wildman–Crippen LogP) is 3.51. The van der Waals surface area contributed by atoms with Crippen molar-refractivity contribution >= 4 is 37.3 Å². The zero-order valence-corrected chi connectivity index (χ0v) is 14.3. The molecule has 0 N–H and O–H groups in total. The summed E-state index contributed by atoms with van der Waals surface area (Å²) < 4.78 is 26.9. The molecule has 0 saturated carbocycles. The highest BCUT2D eigenvalue weighted by Crippen LogP contribution is 2.22. The first-order chi connectivity index (χ1) is 9.47. The number of nitrogens with zero attached hydrogens (tertiary/aromatic N) is 1. The Labute approximate surface area is 132 Å². The molecule has 0 amide bonds. The molecule has 0 atom stereocenters. The number of sulfonamides is 1. The number of hydrogen-bond donors (Lipinski definition) is 0. The average Bonchev–Trinajstić information content (AvgIpc) is 2.83. The lowest BCUT2D eigenvalue weighted by Crippen LogP contribution is -2.29. The van der Waals surface area contributed by atoms with E-state index in [1.54, 1.807) is 18.4 Å². The Morgan fingerprint density at radius 2 is 1.90 bits per heavy atom. The number of benzene rings is 1. The Balaban J connectivity index is 1.95. The van der Waals surface area contributed by atoms with Crippen LogP contribution in [0.1, 0.15) is 11.1 Å². The molecule has 0 saturated heterocycles. The molecule has 0 aliphatic heterocycles. The van der Waals surface area contributed by atoms with Crippen LogP contribution < -0.4 is 0 Å². The van der Waals surface area contributed by atoms with Gasteiger partial charge >= 0.3 is 0 Å². The summed E-state index contributed by atoms with van der Waals surface area (Å²) in [6, 6.07) is 11.6. The third-order valence-corrected chi connectivity index (χ3v) is 6.35. The quantitative estimate of drug-likeness (QED) is 0.776. The monoisotopic (exact) mass is 373 g/mol. The fraction of sp³-hybridized carbons (Fsp3) is 0.286. The lowest BCUT2D eigenvalue weighted by Gasteiger charge is -2.16. The molecule has 0 unspecified atom stereocenters. The van der Waals surface area contributed by atoms with Gasteiger partial charge in [-0.05, 0) is 44.9 Å². The van der Waals surface area contributed by atoms with Gasteiger partial charge in [0.2, 0.25) is 10.0 Å². The lowest BCUT2D eigenvalue weighted by atomic mass is 10.2. The fourth-order valence-corrected chi connectivity index (χ4v) is 4.18. The Bertz CT molecular complexity index is 653. The van der Waals surface area contributed by atoms with Crippen LogP contribution in [0.25, 0.3) is 0 Å². The summed E-state index contributed by atoms with van der Waals surface area (Å²) in [5.41, 5.74) is 2.05. The van der Waals surface area contributed by atoms with Crippen LogP contribution in [0, 0.1) is 0 Å². The van der Waals surface area contributed by atoms with E-state index < -0.39 is 10.0 Å². The van der Waals surface area contributed by atoms with Gasteiger partial charge in [0.15, 0.2) is 0 Å². The van der Waals surface area contributed by atoms with E-state index in [0.717, 1.165) is 14.9 Å². The first-order valence-corrected chi connectivity index (χ1v) is 9.46. The van der Waals surface area contributed by atoms with Gasteiger partial charge in [0.05, 0.1) is 9.54 Å². The molecule has 6 heteroatoms. The molecular weight excluding hydrogens is 358 g/mol. The summed E-state index contributed by atoms with van der Waals surface area (Å²) in [7, 11) is -1.59. The van der Waals surface area contributed by atoms with Gasteiger partial charge in [-0.2, -0.15) is 0 Å². The van der Waals surface area contributed by atoms with Crippen molar-refractivity contribution < 1.29 is 8.42 Å². The largest absolute Gasteiger partial charge is 0.214 e. The third-order valence-electron chi connectivity index (χ3n) is 2.99. The smallest absolute Gasteiger partial charge is 0.212 e. The second-order valence-electron chi connectivity index (χ2n) is 4.57. The predicted molar refractivity (Wildman–Crippen MR) is 87.4 cm³/mol. The van der Waals surface area contributed by atoms with Gasteiger partial charge in [-0.1, -0.05) is 30.3 Å². The van der Waals surface area contributed by atoms with Crippen LogP contribution in [0.3, 0.4) is 0 Å². The van der Waals surface area contributed by atoms with Gasteiger partial charge in [0, 0.05) is 13.6 Å². The van der Waals surface area contributed by atoms with E-state index in [9.17, 15) is 8.42 Å². The maximum Gasteiger partial charge on any atom is 0.214 e. The molecule has 0 fully saturated rings. The van der Waals surface area contributed by atoms with Gasteiger partial charge in [-0.3, -0.25) is 0 Å². The van der Waals surface area contributed by atoms with Gasteiger partial charge in [0.1, 0.15) is 0 Å². The topological polar surface area (TPSA) is 37.4 Å². The molecule has 0 aliphatic rings. The standard InChI is InChI=1S/C14H16BrNO2S2/c1-16(10-13-9-14(15)19-11-13)20(17,18)8-7-12-5-3-2-4-6-12/h2-6,9,11H,7-8,10H2,1H3. The number of aryl methyl sites for hydroxylation is 1. The molecule has 0 bridgehead atoms. The summed E-state index contributed by atoms with van der Waals surface area (Å²) in [5.74, 6) is 0.138. The van der Waals surface area contributed by atoms with Crippen molar-refractivity contribution in [3.8, 4) is 0 Å². The maximum absolute atomic E-state index is 12.2. The van der Waals surface area contributed by atoms with Crippen molar-refractivity contribution in [3.63, 3.8) is 0 Å². The van der Waals surface area contributed by atoms with E-state index >= 15 is 0 Å². The first kappa shape index (κ1) is 15.7. The third kappa shape index (κ3) is 4.41. The molecule has 3 nitrogen and oxygen atoms in total. The minimum Gasteiger partial charge on any atom is -0.212 e. The summed E-state index contributed by atoms with van der Waals surface area (Å²) >= 11 is 4.95. The van der Waals surface area contributed by atoms with E-state index in [1.165, 1.54) is 4.31 Å². The Morgan fingerprint density at radius 3 is 2.50 bits per heavy atom. The average molecular weight is 374 g/mol. The molecule has 2 rings (SSSR count). The molecule has 1 aromatic carbocycles. The number of thiophene rings is 1. The summed E-state index contributed by atoms with van der Waals surface area (Å²) in [6.45, 7) is 0.416. The molecular formula is C14H16BrNO2S2. The van der Waals surface area contributed by atoms with Gasteiger partial charge < -0.3 is 0 Å². The van der Waals surface area contributed by atoms with Crippen LogP contribution in [0.4, 0.5) is 0 Å². The highest BCUT2D eigenvalue weighted by atomic mass is 79.9. The van der Waals surface area contributed by atoms with E-state index in [2.05, 4.69) is 15.9 Å². The van der Waals surface area contributed by atoms with E-state index in [0.29, 0.717) is 13.0 Å². The number of halogens is 1. The second kappa shape index (κ2) is 6.85. The van der Waals surface area contributed by atoms with Crippen LogP contribution in [-0.2, 0) is 23.0 Å². The fourth-order valence-electron chi connectivity index (χ4n) is 1.83. The van der Waals surface area contributed by atoms with E-state index in [-0.39, 0.29) is 5.75 Å². The highest BCUT2D eigenvalue weighted by Gasteiger charge is 2.18. The minimum atomic E-state index is -3.22. The molecule has 0 aliphatic carbocycles. The van der Waals surface area contributed by atoms with Crippen molar-refractivity contribution in [2.75, 3.05) is 12.8 Å². The van der Waals surface area contributed by atoms with Crippen LogP contribution in [0.15, 0.2) is 45.6 Å². The van der Waals surface area contributed by atoms with E-state index in [4.69, 9.17) is 0 Å². The molecule has 108 valence electrons. The number of rotatable bonds is 6. The lowest BCUT2D eigenvalue weighted by molar-refractivity contribution is 0.467. The van der Waals surface area contributed by atoms with Crippen molar-refractivity contribution in [1.82, 2.24) is 4.31 Å². The van der Waals surface area contributed by atoms with Crippen LogP contribution in [-0.4, -0.2) is 25.5 Å². The number of hydrogen-bond acceptors (Lipinski definition) is 3. The van der Waals surface area contributed by atoms with Crippen LogP contribution in [0.5, 0.6) is 0 Å². The SMILES string of the molecule is CN(Cc1csc(Br)c1)S(=O)(=O)CCc1ccccc1. The van der Waals surface area contributed by atoms with Crippen molar-refractivity contribution in [3.05, 3.63) is 56.7 Å². The zero-order valence-electron chi connectivity index (χ0n) is 11.1. The Morgan fingerprint density at radius 1 is 1.20 bits per heavy atom. The second-order valence-corrected chi connectivity index (χ2v) is 9.05. The van der Waals surface area contributed by atoms with Gasteiger partial charge in [-0.15, -0.1) is 11.3 Å². The molecule has 1 aromatic heterocycles. The maximum atomic E-state index is 12.2. The summed E-state index contributed by atoms with van der Waals surface area (Å²) in [5, 5.41) is 1.97. The zero-order chi connectivity index (χ0) is 14.6. The molecule has 1 heterocycles. The summed E-state index contributed by atoms with van der Waals surface area (Å²) in [6.07, 6.45) is 0.543. The highest BCUT2D eigenvalue weighted by molar-refractivity contribution is 9.11. The Hall–Kier alpha value is -0.690. The van der Waals surface area contributed by atoms with Crippen molar-refractivity contribution in [2.24, 2.45) is 0 Å². The van der Waals surface area contributed by atoms with Gasteiger partial charge in [-0.25, -0.2) is 12.7 Å². The first-order valence-electron chi connectivity index (χ1n) is 6.18. The van der Waals surface area contributed by atoms with E-state index in [1.807, 2.05) is 41.8 Å². The molecule has 0 radical (unpaired) electrons. The molecule has 20 heavy (non-hydrogen) atoms. The Kier molecular flexibility index (Phi) is 5.37. The van der Waals surface area contributed by atoms with Crippen LogP contribution >= 0.6 is 27.3 Å². The minimum absolute atomic E-state index is 0.138. The van der Waals surface area contributed by atoms with Crippen LogP contribution in [0.2, 0.25) is 0 Å². The molecule has 0 spiro atoms. The molecule has 2 aromatic rings. The van der Waals surface area contributed by atoms with Crippen molar-refractivity contribution in [1.29, 1.82) is 0 Å². The van der Waals surface area contributed by atoms with Crippen molar-refractivity contribution in [2.45, 2.75) is 13.0 Å². The summed E-state index contributed by atoms with van der Waals surface area (Å²) in [4.78, 5) is 0. The van der Waals surface area contributed by atoms with Gasteiger partial charge in [0.25, 0.3) is 0 Å².